The van der Waals surface area contributed by atoms with E-state index in [9.17, 15) is 9.18 Å². The zero-order valence-electron chi connectivity index (χ0n) is 13.3. The number of ether oxygens (including phenoxy) is 1. The van der Waals surface area contributed by atoms with E-state index in [0.717, 1.165) is 18.9 Å². The smallest absolute Gasteiger partial charge is 0.324 e. The van der Waals surface area contributed by atoms with Gasteiger partial charge in [-0.05, 0) is 24.6 Å². The lowest BCUT2D eigenvalue weighted by molar-refractivity contribution is 0.122. The topological polar surface area (TPSA) is 79.4 Å². The van der Waals surface area contributed by atoms with E-state index >= 15 is 0 Å². The molecule has 8 heteroatoms. The fourth-order valence-electron chi connectivity index (χ4n) is 2.33. The zero-order chi connectivity index (χ0) is 16.9. The molecule has 2 heterocycles. The average molecular weight is 331 g/mol. The molecule has 2 amide bonds. The number of aryl methyl sites for hydroxylation is 1. The van der Waals surface area contributed by atoms with Crippen molar-refractivity contribution in [3.63, 3.8) is 0 Å². The monoisotopic (exact) mass is 331 g/mol. The van der Waals surface area contributed by atoms with Crippen molar-refractivity contribution in [2.24, 2.45) is 0 Å². The van der Waals surface area contributed by atoms with Crippen LogP contribution in [0.4, 0.5) is 26.5 Å². The Hall–Kier alpha value is -2.74. The van der Waals surface area contributed by atoms with Gasteiger partial charge in [0.25, 0.3) is 0 Å². The number of halogens is 1. The van der Waals surface area contributed by atoms with Gasteiger partial charge in [0, 0.05) is 24.8 Å². The predicted molar refractivity (Wildman–Crippen MR) is 88.8 cm³/mol. The predicted octanol–water partition coefficient (Wildman–Crippen LogP) is 2.40. The van der Waals surface area contributed by atoms with E-state index in [1.54, 1.807) is 25.1 Å². The number of urea groups is 1. The number of aromatic nitrogens is 2. The highest BCUT2D eigenvalue weighted by molar-refractivity contribution is 5.99. The largest absolute Gasteiger partial charge is 0.378 e. The van der Waals surface area contributed by atoms with Crippen molar-refractivity contribution in [1.29, 1.82) is 0 Å². The first-order valence-electron chi connectivity index (χ1n) is 7.61. The maximum absolute atomic E-state index is 13.5. The second-order valence-corrected chi connectivity index (χ2v) is 5.40. The molecule has 2 aromatic rings. The van der Waals surface area contributed by atoms with E-state index in [1.165, 1.54) is 12.4 Å². The molecule has 24 heavy (non-hydrogen) atoms. The maximum Gasteiger partial charge on any atom is 0.324 e. The lowest BCUT2D eigenvalue weighted by atomic mass is 10.2. The fraction of sp³-hybridized carbons (Fsp3) is 0.312. The summed E-state index contributed by atoms with van der Waals surface area (Å²) in [4.78, 5) is 22.3. The van der Waals surface area contributed by atoms with Crippen molar-refractivity contribution in [1.82, 2.24) is 9.97 Å². The third-order valence-corrected chi connectivity index (χ3v) is 3.66. The molecule has 3 rings (SSSR count). The number of benzene rings is 1. The molecule has 1 fully saturated rings. The van der Waals surface area contributed by atoms with Gasteiger partial charge in [-0.2, -0.15) is 0 Å². The summed E-state index contributed by atoms with van der Waals surface area (Å²) >= 11 is 0. The van der Waals surface area contributed by atoms with E-state index in [4.69, 9.17) is 4.74 Å². The van der Waals surface area contributed by atoms with Crippen LogP contribution in [0.2, 0.25) is 0 Å². The van der Waals surface area contributed by atoms with Gasteiger partial charge in [-0.15, -0.1) is 0 Å². The molecule has 1 aliphatic rings. The lowest BCUT2D eigenvalue weighted by Crippen LogP contribution is -2.36. The van der Waals surface area contributed by atoms with Crippen molar-refractivity contribution < 1.29 is 13.9 Å². The molecule has 126 valence electrons. The van der Waals surface area contributed by atoms with Crippen molar-refractivity contribution in [2.45, 2.75) is 6.92 Å². The summed E-state index contributed by atoms with van der Waals surface area (Å²) in [6.07, 6.45) is 1.39. The van der Waals surface area contributed by atoms with Crippen LogP contribution in [0.3, 0.4) is 0 Å². The van der Waals surface area contributed by atoms with Gasteiger partial charge < -0.3 is 15.0 Å². The van der Waals surface area contributed by atoms with Crippen LogP contribution in [0.1, 0.15) is 5.56 Å². The molecule has 2 N–H and O–H groups in total. The van der Waals surface area contributed by atoms with Gasteiger partial charge in [0.05, 0.1) is 13.2 Å². The van der Waals surface area contributed by atoms with Crippen molar-refractivity contribution in [2.75, 3.05) is 41.8 Å². The molecule has 1 aliphatic heterocycles. The van der Waals surface area contributed by atoms with Crippen LogP contribution in [0.5, 0.6) is 0 Å². The van der Waals surface area contributed by atoms with Crippen LogP contribution in [-0.4, -0.2) is 42.3 Å². The molecule has 0 unspecified atom stereocenters. The van der Waals surface area contributed by atoms with Crippen LogP contribution in [0, 0.1) is 12.7 Å². The summed E-state index contributed by atoms with van der Waals surface area (Å²) in [6, 6.07) is 5.71. The van der Waals surface area contributed by atoms with Gasteiger partial charge in [-0.3, -0.25) is 5.32 Å². The minimum atomic E-state index is -0.495. The number of nitrogens with zero attached hydrogens (tertiary/aromatic N) is 3. The van der Waals surface area contributed by atoms with E-state index in [0.29, 0.717) is 30.3 Å². The Balaban J connectivity index is 1.64. The molecular formula is C16H18FN5O2. The second-order valence-electron chi connectivity index (χ2n) is 5.40. The fourth-order valence-corrected chi connectivity index (χ4v) is 2.33. The highest BCUT2D eigenvalue weighted by Crippen LogP contribution is 2.17. The molecule has 1 aromatic heterocycles. The standard InChI is InChI=1S/C16H18FN5O2/c1-11-2-3-12(8-13(11)17)20-16(23)21-14-9-15(19-10-18-14)22-4-6-24-7-5-22/h2-3,8-10H,4-7H2,1H3,(H2,18,19,20,21,23). The number of rotatable bonds is 3. The van der Waals surface area contributed by atoms with Crippen molar-refractivity contribution in [3.05, 3.63) is 42.0 Å². The second kappa shape index (κ2) is 7.22. The summed E-state index contributed by atoms with van der Waals surface area (Å²) in [5.41, 5.74) is 0.893. The number of hydrogen-bond donors (Lipinski definition) is 2. The molecular weight excluding hydrogens is 313 g/mol. The van der Waals surface area contributed by atoms with Crippen LogP contribution >= 0.6 is 0 Å². The summed E-state index contributed by atoms with van der Waals surface area (Å²) in [7, 11) is 0. The Morgan fingerprint density at radius 1 is 1.21 bits per heavy atom. The Labute approximate surface area is 138 Å². The van der Waals surface area contributed by atoms with Gasteiger partial charge in [0.15, 0.2) is 0 Å². The van der Waals surface area contributed by atoms with Crippen LogP contribution in [-0.2, 0) is 4.74 Å². The molecule has 1 aromatic carbocycles. The maximum atomic E-state index is 13.5. The highest BCUT2D eigenvalue weighted by atomic mass is 19.1. The van der Waals surface area contributed by atoms with Gasteiger partial charge >= 0.3 is 6.03 Å². The number of morpholine rings is 1. The summed E-state index contributed by atoms with van der Waals surface area (Å²) in [6.45, 7) is 4.43. The summed E-state index contributed by atoms with van der Waals surface area (Å²) in [5.74, 6) is 0.728. The third-order valence-electron chi connectivity index (χ3n) is 3.66. The average Bonchev–Trinajstić information content (AvgIpc) is 2.59. The Kier molecular flexibility index (Phi) is 4.85. The normalized spacial score (nSPS) is 14.3. The van der Waals surface area contributed by atoms with E-state index in [2.05, 4.69) is 25.5 Å². The summed E-state index contributed by atoms with van der Waals surface area (Å²) in [5, 5.41) is 5.20. The van der Waals surface area contributed by atoms with Gasteiger partial charge in [-0.25, -0.2) is 19.2 Å². The lowest BCUT2D eigenvalue weighted by Gasteiger charge is -2.27. The summed E-state index contributed by atoms with van der Waals surface area (Å²) < 4.78 is 18.8. The molecule has 0 spiro atoms. The van der Waals surface area contributed by atoms with Gasteiger partial charge in [0.2, 0.25) is 0 Å². The minimum Gasteiger partial charge on any atom is -0.378 e. The number of nitrogens with one attached hydrogen (secondary N) is 2. The Bertz CT molecular complexity index is 734. The van der Waals surface area contributed by atoms with Crippen LogP contribution in [0.15, 0.2) is 30.6 Å². The van der Waals surface area contributed by atoms with Crippen molar-refractivity contribution >= 4 is 23.4 Å². The molecule has 0 bridgehead atoms. The quantitative estimate of drug-likeness (QED) is 0.903. The number of hydrogen-bond acceptors (Lipinski definition) is 5. The minimum absolute atomic E-state index is 0.371. The third kappa shape index (κ3) is 3.96. The Morgan fingerprint density at radius 2 is 2.00 bits per heavy atom. The number of anilines is 3. The number of carbonyl (C=O) groups excluding carboxylic acids is 1. The van der Waals surface area contributed by atoms with E-state index in [1.807, 2.05) is 0 Å². The Morgan fingerprint density at radius 3 is 2.75 bits per heavy atom. The molecule has 1 saturated heterocycles. The zero-order valence-corrected chi connectivity index (χ0v) is 13.3. The van der Waals surface area contributed by atoms with E-state index in [-0.39, 0.29) is 5.82 Å². The molecule has 7 nitrogen and oxygen atoms in total. The molecule has 0 radical (unpaired) electrons. The van der Waals surface area contributed by atoms with Gasteiger partial charge in [0.1, 0.15) is 23.8 Å². The molecule has 0 aliphatic carbocycles. The highest BCUT2D eigenvalue weighted by Gasteiger charge is 2.14. The van der Waals surface area contributed by atoms with Gasteiger partial charge in [-0.1, -0.05) is 6.07 Å². The SMILES string of the molecule is Cc1ccc(NC(=O)Nc2cc(N3CCOCC3)ncn2)cc1F. The first kappa shape index (κ1) is 16.1. The molecule has 0 saturated carbocycles. The number of amides is 2. The first-order chi connectivity index (χ1) is 11.6. The molecule has 0 atom stereocenters. The van der Waals surface area contributed by atoms with Crippen LogP contribution < -0.4 is 15.5 Å². The van der Waals surface area contributed by atoms with Crippen molar-refractivity contribution in [3.8, 4) is 0 Å². The van der Waals surface area contributed by atoms with E-state index < -0.39 is 6.03 Å². The van der Waals surface area contributed by atoms with Crippen LogP contribution in [0.25, 0.3) is 0 Å². The first-order valence-corrected chi connectivity index (χ1v) is 7.61. The number of carbonyl (C=O) groups is 1.